The van der Waals surface area contributed by atoms with Crippen LogP contribution in [0.4, 0.5) is 4.39 Å². The number of rotatable bonds is 6. The molecule has 2 aromatic rings. The monoisotopic (exact) mass is 325 g/mol. The maximum Gasteiger partial charge on any atom is 0.137 e. The van der Waals surface area contributed by atoms with Crippen LogP contribution >= 0.6 is 15.9 Å². The summed E-state index contributed by atoms with van der Waals surface area (Å²) in [5.41, 5.74) is 2.04. The van der Waals surface area contributed by atoms with Crippen LogP contribution in [0.2, 0.25) is 0 Å². The largest absolute Gasteiger partial charge is 0.472 e. The quantitative estimate of drug-likeness (QED) is 0.847. The summed E-state index contributed by atoms with van der Waals surface area (Å²) in [5, 5.41) is 3.45. The van der Waals surface area contributed by atoms with Crippen LogP contribution in [-0.4, -0.2) is 6.54 Å². The molecule has 0 fully saturated rings. The molecule has 0 amide bonds. The Kier molecular flexibility index (Phi) is 5.16. The molecule has 1 unspecified atom stereocenters. The minimum absolute atomic E-state index is 0.0719. The second-order valence-electron chi connectivity index (χ2n) is 4.49. The molecule has 1 atom stereocenters. The predicted molar refractivity (Wildman–Crippen MR) is 77.5 cm³/mol. The van der Waals surface area contributed by atoms with Crippen LogP contribution in [-0.2, 0) is 6.42 Å². The number of benzene rings is 1. The number of hydrogen-bond acceptors (Lipinski definition) is 2. The molecular formula is C15H17BrFNO. The van der Waals surface area contributed by atoms with Gasteiger partial charge in [0.1, 0.15) is 5.82 Å². The SMILES string of the molecule is CCCNC(Cc1ccoc1)c1cccc(F)c1Br. The summed E-state index contributed by atoms with van der Waals surface area (Å²) < 4.78 is 19.3. The van der Waals surface area contributed by atoms with Gasteiger partial charge in [0.05, 0.1) is 17.0 Å². The van der Waals surface area contributed by atoms with Crippen LogP contribution in [0.15, 0.2) is 45.7 Å². The van der Waals surface area contributed by atoms with E-state index < -0.39 is 0 Å². The van der Waals surface area contributed by atoms with Crippen LogP contribution < -0.4 is 5.32 Å². The molecule has 19 heavy (non-hydrogen) atoms. The first kappa shape index (κ1) is 14.3. The lowest BCUT2D eigenvalue weighted by Crippen LogP contribution is -2.24. The second kappa shape index (κ2) is 6.87. The predicted octanol–water partition coefficient (Wildman–Crippen LogP) is 4.46. The summed E-state index contributed by atoms with van der Waals surface area (Å²) in [7, 11) is 0. The molecule has 0 aliphatic rings. The molecule has 1 aromatic heterocycles. The van der Waals surface area contributed by atoms with Crippen molar-refractivity contribution < 1.29 is 8.81 Å². The van der Waals surface area contributed by atoms with Crippen LogP contribution in [0.1, 0.15) is 30.5 Å². The standard InChI is InChI=1S/C15H17BrFNO/c1-2-7-18-14(9-11-6-8-19-10-11)12-4-3-5-13(17)15(12)16/h3-6,8,10,14,18H,2,7,9H2,1H3. The van der Waals surface area contributed by atoms with Gasteiger partial charge in [0.15, 0.2) is 0 Å². The van der Waals surface area contributed by atoms with Crippen molar-refractivity contribution in [2.75, 3.05) is 6.54 Å². The van der Waals surface area contributed by atoms with E-state index in [9.17, 15) is 4.39 Å². The topological polar surface area (TPSA) is 25.2 Å². The molecule has 0 saturated heterocycles. The molecule has 2 nitrogen and oxygen atoms in total. The van der Waals surface area contributed by atoms with Crippen molar-refractivity contribution in [2.45, 2.75) is 25.8 Å². The Bertz CT molecular complexity index is 513. The summed E-state index contributed by atoms with van der Waals surface area (Å²) in [6.45, 7) is 3.01. The van der Waals surface area contributed by atoms with E-state index >= 15 is 0 Å². The van der Waals surface area contributed by atoms with E-state index in [0.29, 0.717) is 4.47 Å². The molecule has 1 heterocycles. The van der Waals surface area contributed by atoms with E-state index in [4.69, 9.17) is 4.42 Å². The summed E-state index contributed by atoms with van der Waals surface area (Å²) >= 11 is 3.34. The van der Waals surface area contributed by atoms with Gasteiger partial charge in [-0.15, -0.1) is 0 Å². The van der Waals surface area contributed by atoms with Gasteiger partial charge in [0.25, 0.3) is 0 Å². The fourth-order valence-electron chi connectivity index (χ4n) is 2.04. The van der Waals surface area contributed by atoms with Gasteiger partial charge in [-0.2, -0.15) is 0 Å². The van der Waals surface area contributed by atoms with Gasteiger partial charge in [-0.3, -0.25) is 0 Å². The second-order valence-corrected chi connectivity index (χ2v) is 5.28. The number of halogens is 2. The zero-order valence-corrected chi connectivity index (χ0v) is 12.4. The van der Waals surface area contributed by atoms with Crippen LogP contribution in [0, 0.1) is 5.82 Å². The molecule has 1 N–H and O–H groups in total. The van der Waals surface area contributed by atoms with Gasteiger partial charge in [-0.05, 0) is 58.6 Å². The number of hydrogen-bond donors (Lipinski definition) is 1. The molecule has 0 spiro atoms. The van der Waals surface area contributed by atoms with Gasteiger partial charge in [-0.1, -0.05) is 19.1 Å². The molecule has 0 aliphatic carbocycles. The van der Waals surface area contributed by atoms with Crippen LogP contribution in [0.25, 0.3) is 0 Å². The molecular weight excluding hydrogens is 309 g/mol. The van der Waals surface area contributed by atoms with Gasteiger partial charge in [0, 0.05) is 6.04 Å². The van der Waals surface area contributed by atoms with Gasteiger partial charge in [-0.25, -0.2) is 4.39 Å². The smallest absolute Gasteiger partial charge is 0.137 e. The average molecular weight is 326 g/mol. The fraction of sp³-hybridized carbons (Fsp3) is 0.333. The van der Waals surface area contributed by atoms with Crippen LogP contribution in [0.3, 0.4) is 0 Å². The van der Waals surface area contributed by atoms with Crippen molar-refractivity contribution in [3.63, 3.8) is 0 Å². The summed E-state index contributed by atoms with van der Waals surface area (Å²) in [6, 6.07) is 7.16. The Hall–Kier alpha value is -1.13. The zero-order chi connectivity index (χ0) is 13.7. The molecule has 2 rings (SSSR count). The highest BCUT2D eigenvalue weighted by Crippen LogP contribution is 2.28. The Morgan fingerprint density at radius 3 is 2.89 bits per heavy atom. The third kappa shape index (κ3) is 3.67. The number of nitrogens with one attached hydrogen (secondary N) is 1. The minimum atomic E-state index is -0.229. The highest BCUT2D eigenvalue weighted by molar-refractivity contribution is 9.10. The van der Waals surface area contributed by atoms with Crippen molar-refractivity contribution in [1.82, 2.24) is 5.32 Å². The Morgan fingerprint density at radius 1 is 1.37 bits per heavy atom. The van der Waals surface area contributed by atoms with Crippen molar-refractivity contribution in [1.29, 1.82) is 0 Å². The summed E-state index contributed by atoms with van der Waals surface area (Å²) in [6.07, 6.45) is 5.20. The molecule has 0 radical (unpaired) electrons. The molecule has 102 valence electrons. The maximum atomic E-state index is 13.6. The van der Waals surface area contributed by atoms with Crippen molar-refractivity contribution >= 4 is 15.9 Å². The van der Waals surface area contributed by atoms with Gasteiger partial charge >= 0.3 is 0 Å². The lowest BCUT2D eigenvalue weighted by Gasteiger charge is -2.20. The third-order valence-electron chi connectivity index (χ3n) is 3.02. The fourth-order valence-corrected chi connectivity index (χ4v) is 2.59. The molecule has 0 bridgehead atoms. The summed E-state index contributed by atoms with van der Waals surface area (Å²) in [4.78, 5) is 0. The lowest BCUT2D eigenvalue weighted by molar-refractivity contribution is 0.514. The average Bonchev–Trinajstić information content (AvgIpc) is 2.91. The number of furan rings is 1. The first-order valence-corrected chi connectivity index (χ1v) is 7.20. The molecule has 1 aromatic carbocycles. The first-order chi connectivity index (χ1) is 9.22. The Balaban J connectivity index is 2.23. The Morgan fingerprint density at radius 2 is 2.21 bits per heavy atom. The minimum Gasteiger partial charge on any atom is -0.472 e. The molecule has 4 heteroatoms. The van der Waals surface area contributed by atoms with E-state index in [-0.39, 0.29) is 11.9 Å². The normalized spacial score (nSPS) is 12.6. The van der Waals surface area contributed by atoms with E-state index in [1.54, 1.807) is 18.6 Å². The van der Waals surface area contributed by atoms with Crippen molar-refractivity contribution in [3.05, 3.63) is 58.2 Å². The third-order valence-corrected chi connectivity index (χ3v) is 3.85. The van der Waals surface area contributed by atoms with Gasteiger partial charge in [0.2, 0.25) is 0 Å². The highest BCUT2D eigenvalue weighted by atomic mass is 79.9. The van der Waals surface area contributed by atoms with E-state index in [1.165, 1.54) is 6.07 Å². The van der Waals surface area contributed by atoms with Crippen molar-refractivity contribution in [3.8, 4) is 0 Å². The summed E-state index contributed by atoms with van der Waals surface area (Å²) in [5.74, 6) is -0.229. The van der Waals surface area contributed by atoms with E-state index in [2.05, 4.69) is 28.2 Å². The zero-order valence-electron chi connectivity index (χ0n) is 10.8. The molecule has 0 aliphatic heterocycles. The lowest BCUT2D eigenvalue weighted by atomic mass is 10.00. The Labute approximate surface area is 121 Å². The van der Waals surface area contributed by atoms with Crippen molar-refractivity contribution in [2.24, 2.45) is 0 Å². The maximum absolute atomic E-state index is 13.6. The molecule has 0 saturated carbocycles. The van der Waals surface area contributed by atoms with E-state index in [0.717, 1.165) is 30.5 Å². The van der Waals surface area contributed by atoms with Gasteiger partial charge < -0.3 is 9.73 Å². The van der Waals surface area contributed by atoms with E-state index in [1.807, 2.05) is 12.1 Å². The highest BCUT2D eigenvalue weighted by Gasteiger charge is 2.17. The first-order valence-electron chi connectivity index (χ1n) is 6.40. The van der Waals surface area contributed by atoms with Crippen LogP contribution in [0.5, 0.6) is 0 Å².